The molecule has 3 nitrogen and oxygen atoms in total. The second-order valence-corrected chi connectivity index (χ2v) is 5.15. The zero-order valence-electron chi connectivity index (χ0n) is 10.3. The van der Waals surface area contributed by atoms with Gasteiger partial charge in [-0.25, -0.2) is 0 Å². The van der Waals surface area contributed by atoms with Crippen LogP contribution in [0.2, 0.25) is 10.0 Å². The summed E-state index contributed by atoms with van der Waals surface area (Å²) in [4.78, 5) is 4.09. The number of nitrogens with one attached hydrogen (secondary N) is 1. The highest BCUT2D eigenvalue weighted by Crippen LogP contribution is 2.25. The molecule has 0 spiro atoms. The SMILES string of the molecule is NNC(Cc1cccnc1)Cc1c(Cl)cccc1Cl. The smallest absolute Gasteiger partial charge is 0.0453 e. The fraction of sp³-hybridized carbons (Fsp3) is 0.214. The third-order valence-corrected chi connectivity index (χ3v) is 3.66. The van der Waals surface area contributed by atoms with Crippen LogP contribution in [0.4, 0.5) is 0 Å². The van der Waals surface area contributed by atoms with Crippen molar-refractivity contribution in [2.24, 2.45) is 5.84 Å². The Bertz CT molecular complexity index is 511. The minimum atomic E-state index is 0.0570. The first kappa shape index (κ1) is 14.3. The van der Waals surface area contributed by atoms with Crippen LogP contribution in [0.1, 0.15) is 11.1 Å². The van der Waals surface area contributed by atoms with Crippen LogP contribution in [0.25, 0.3) is 0 Å². The molecule has 1 aromatic carbocycles. The summed E-state index contributed by atoms with van der Waals surface area (Å²) in [5.74, 6) is 5.61. The van der Waals surface area contributed by atoms with Gasteiger partial charge in [0.25, 0.3) is 0 Å². The average molecular weight is 296 g/mol. The summed E-state index contributed by atoms with van der Waals surface area (Å²) in [6.07, 6.45) is 5.02. The first-order chi connectivity index (χ1) is 9.20. The van der Waals surface area contributed by atoms with Crippen LogP contribution in [-0.2, 0) is 12.8 Å². The molecule has 1 atom stereocenters. The Morgan fingerprint density at radius 1 is 1.11 bits per heavy atom. The number of nitrogens with zero attached hydrogens (tertiary/aromatic N) is 1. The van der Waals surface area contributed by atoms with E-state index >= 15 is 0 Å². The van der Waals surface area contributed by atoms with Gasteiger partial charge >= 0.3 is 0 Å². The van der Waals surface area contributed by atoms with E-state index in [1.807, 2.05) is 36.5 Å². The van der Waals surface area contributed by atoms with Crippen molar-refractivity contribution in [3.05, 3.63) is 63.9 Å². The van der Waals surface area contributed by atoms with E-state index in [9.17, 15) is 0 Å². The van der Waals surface area contributed by atoms with E-state index in [-0.39, 0.29) is 6.04 Å². The third kappa shape index (κ3) is 3.91. The molecule has 1 heterocycles. The molecule has 0 saturated heterocycles. The van der Waals surface area contributed by atoms with Crippen LogP contribution < -0.4 is 11.3 Å². The number of aromatic nitrogens is 1. The van der Waals surface area contributed by atoms with Gasteiger partial charge in [-0.05, 0) is 42.2 Å². The average Bonchev–Trinajstić information content (AvgIpc) is 2.43. The molecule has 2 aromatic rings. The lowest BCUT2D eigenvalue weighted by molar-refractivity contribution is 0.522. The molecule has 2 rings (SSSR count). The third-order valence-electron chi connectivity index (χ3n) is 2.95. The Hall–Kier alpha value is -1.13. The van der Waals surface area contributed by atoms with Gasteiger partial charge in [0.15, 0.2) is 0 Å². The molecule has 1 unspecified atom stereocenters. The highest BCUT2D eigenvalue weighted by Gasteiger charge is 2.13. The van der Waals surface area contributed by atoms with Crippen molar-refractivity contribution in [3.8, 4) is 0 Å². The second-order valence-electron chi connectivity index (χ2n) is 4.33. The molecule has 100 valence electrons. The molecule has 3 N–H and O–H groups in total. The lowest BCUT2D eigenvalue weighted by Gasteiger charge is -2.17. The zero-order valence-corrected chi connectivity index (χ0v) is 11.8. The van der Waals surface area contributed by atoms with Crippen LogP contribution in [0, 0.1) is 0 Å². The predicted octanol–water partition coefficient (Wildman–Crippen LogP) is 3.01. The van der Waals surface area contributed by atoms with Crippen molar-refractivity contribution < 1.29 is 0 Å². The molecule has 0 saturated carbocycles. The van der Waals surface area contributed by atoms with Crippen LogP contribution >= 0.6 is 23.2 Å². The molecule has 5 heteroatoms. The summed E-state index contributed by atoms with van der Waals surface area (Å²) in [6.45, 7) is 0. The highest BCUT2D eigenvalue weighted by molar-refractivity contribution is 6.36. The summed E-state index contributed by atoms with van der Waals surface area (Å²) in [6, 6.07) is 9.49. The number of pyridine rings is 1. The van der Waals surface area contributed by atoms with Gasteiger partial charge in [-0.2, -0.15) is 0 Å². The van der Waals surface area contributed by atoms with Gasteiger partial charge in [-0.3, -0.25) is 16.3 Å². The number of hydrogen-bond donors (Lipinski definition) is 2. The van der Waals surface area contributed by atoms with Crippen molar-refractivity contribution in [1.82, 2.24) is 10.4 Å². The second kappa shape index (κ2) is 6.87. The van der Waals surface area contributed by atoms with Crippen molar-refractivity contribution in [1.29, 1.82) is 0 Å². The normalized spacial score (nSPS) is 12.4. The molecular formula is C14H15Cl2N3. The Balaban J connectivity index is 2.11. The van der Waals surface area contributed by atoms with Gasteiger partial charge in [-0.15, -0.1) is 0 Å². The lowest BCUT2D eigenvalue weighted by Crippen LogP contribution is -2.38. The Labute approximate surface area is 122 Å². The molecule has 0 radical (unpaired) electrons. The maximum Gasteiger partial charge on any atom is 0.0453 e. The van der Waals surface area contributed by atoms with Crippen molar-refractivity contribution in [2.75, 3.05) is 0 Å². The number of nitrogens with two attached hydrogens (primary N) is 1. The fourth-order valence-corrected chi connectivity index (χ4v) is 2.52. The Morgan fingerprint density at radius 2 is 1.84 bits per heavy atom. The van der Waals surface area contributed by atoms with Crippen molar-refractivity contribution in [3.63, 3.8) is 0 Å². The van der Waals surface area contributed by atoms with E-state index in [1.54, 1.807) is 6.20 Å². The molecular weight excluding hydrogens is 281 g/mol. The first-order valence-electron chi connectivity index (χ1n) is 5.98. The van der Waals surface area contributed by atoms with Gasteiger partial charge in [-0.1, -0.05) is 35.3 Å². The minimum absolute atomic E-state index is 0.0570. The van der Waals surface area contributed by atoms with E-state index in [0.29, 0.717) is 16.5 Å². The van der Waals surface area contributed by atoms with E-state index < -0.39 is 0 Å². The Kier molecular flexibility index (Phi) is 5.16. The van der Waals surface area contributed by atoms with Gasteiger partial charge in [0, 0.05) is 28.5 Å². The molecule has 0 aliphatic rings. The summed E-state index contributed by atoms with van der Waals surface area (Å²) in [7, 11) is 0. The monoisotopic (exact) mass is 295 g/mol. The molecule has 0 amide bonds. The lowest BCUT2D eigenvalue weighted by atomic mass is 10.0. The van der Waals surface area contributed by atoms with Crippen LogP contribution in [-0.4, -0.2) is 11.0 Å². The number of hydrogen-bond acceptors (Lipinski definition) is 3. The topological polar surface area (TPSA) is 50.9 Å². The van der Waals surface area contributed by atoms with Gasteiger partial charge < -0.3 is 0 Å². The standard InChI is InChI=1S/C14H15Cl2N3/c15-13-4-1-5-14(16)12(13)8-11(19-17)7-10-3-2-6-18-9-10/h1-6,9,11,19H,7-8,17H2. The fourth-order valence-electron chi connectivity index (χ4n) is 1.97. The number of halogens is 2. The Morgan fingerprint density at radius 3 is 2.42 bits per heavy atom. The molecule has 0 bridgehead atoms. The minimum Gasteiger partial charge on any atom is -0.271 e. The van der Waals surface area contributed by atoms with Crippen LogP contribution in [0.5, 0.6) is 0 Å². The van der Waals surface area contributed by atoms with E-state index in [2.05, 4.69) is 10.4 Å². The predicted molar refractivity (Wildman–Crippen MR) is 79.2 cm³/mol. The van der Waals surface area contributed by atoms with Crippen molar-refractivity contribution in [2.45, 2.75) is 18.9 Å². The van der Waals surface area contributed by atoms with E-state index in [1.165, 1.54) is 0 Å². The number of hydrazine groups is 1. The summed E-state index contributed by atoms with van der Waals surface area (Å²) < 4.78 is 0. The molecule has 1 aromatic heterocycles. The maximum atomic E-state index is 6.17. The van der Waals surface area contributed by atoms with Gasteiger partial charge in [0.1, 0.15) is 0 Å². The maximum absolute atomic E-state index is 6.17. The largest absolute Gasteiger partial charge is 0.271 e. The molecule has 0 fully saturated rings. The summed E-state index contributed by atoms with van der Waals surface area (Å²) >= 11 is 12.3. The zero-order chi connectivity index (χ0) is 13.7. The highest BCUT2D eigenvalue weighted by atomic mass is 35.5. The summed E-state index contributed by atoms with van der Waals surface area (Å²) in [5, 5.41) is 1.33. The molecule has 0 aliphatic carbocycles. The van der Waals surface area contributed by atoms with Crippen LogP contribution in [0.15, 0.2) is 42.7 Å². The van der Waals surface area contributed by atoms with Gasteiger partial charge in [0.2, 0.25) is 0 Å². The summed E-state index contributed by atoms with van der Waals surface area (Å²) in [5.41, 5.74) is 4.84. The van der Waals surface area contributed by atoms with E-state index in [4.69, 9.17) is 29.0 Å². The van der Waals surface area contributed by atoms with E-state index in [0.717, 1.165) is 17.5 Å². The quantitative estimate of drug-likeness (QED) is 0.658. The molecule has 19 heavy (non-hydrogen) atoms. The number of rotatable bonds is 5. The number of benzene rings is 1. The molecule has 0 aliphatic heterocycles. The van der Waals surface area contributed by atoms with Crippen LogP contribution in [0.3, 0.4) is 0 Å². The van der Waals surface area contributed by atoms with Crippen molar-refractivity contribution >= 4 is 23.2 Å². The van der Waals surface area contributed by atoms with Gasteiger partial charge in [0.05, 0.1) is 0 Å². The first-order valence-corrected chi connectivity index (χ1v) is 6.74.